The molecule has 21 heavy (non-hydrogen) atoms. The van der Waals surface area contributed by atoms with Crippen LogP contribution in [0.3, 0.4) is 0 Å². The van der Waals surface area contributed by atoms with E-state index >= 15 is 0 Å². The van der Waals surface area contributed by atoms with Crippen molar-refractivity contribution in [1.29, 1.82) is 0 Å². The monoisotopic (exact) mass is 357 g/mol. The fourth-order valence-electron chi connectivity index (χ4n) is 1.67. The summed E-state index contributed by atoms with van der Waals surface area (Å²) in [7, 11) is 0. The summed E-state index contributed by atoms with van der Waals surface area (Å²) in [6.45, 7) is 5.50. The van der Waals surface area contributed by atoms with Gasteiger partial charge in [-0.1, -0.05) is 36.7 Å². The number of halogens is 1. The van der Waals surface area contributed by atoms with Gasteiger partial charge in [-0.2, -0.15) is 0 Å². The molecule has 1 amide bonds. The lowest BCUT2D eigenvalue weighted by atomic mass is 9.86. The number of nitrogens with one attached hydrogen (secondary N) is 1. The molecule has 0 bridgehead atoms. The van der Waals surface area contributed by atoms with E-state index in [1.807, 2.05) is 12.1 Å². The van der Waals surface area contributed by atoms with E-state index in [0.29, 0.717) is 5.75 Å². The fraction of sp³-hybridized carbons (Fsp3) is 0.467. The van der Waals surface area contributed by atoms with Crippen molar-refractivity contribution in [1.82, 2.24) is 5.32 Å². The van der Waals surface area contributed by atoms with E-state index in [2.05, 4.69) is 21.2 Å². The van der Waals surface area contributed by atoms with Gasteiger partial charge in [0.2, 0.25) is 5.91 Å². The number of benzene rings is 1. The first kappa shape index (κ1) is 17.5. The predicted molar refractivity (Wildman–Crippen MR) is 83.3 cm³/mol. The van der Waals surface area contributed by atoms with Crippen LogP contribution in [0.4, 0.5) is 0 Å². The van der Waals surface area contributed by atoms with Crippen LogP contribution in [-0.4, -0.2) is 29.6 Å². The minimum absolute atomic E-state index is 0.107. The molecule has 0 unspecified atom stereocenters. The lowest BCUT2D eigenvalue weighted by molar-refractivity contribution is -0.145. The molecular formula is C15H20BrNO4. The lowest BCUT2D eigenvalue weighted by Crippen LogP contribution is -2.49. The van der Waals surface area contributed by atoms with Gasteiger partial charge in [-0.25, -0.2) is 4.79 Å². The van der Waals surface area contributed by atoms with Crippen LogP contribution in [0.1, 0.15) is 27.2 Å². The molecule has 0 spiro atoms. The second-order valence-electron chi connectivity index (χ2n) is 5.76. The number of rotatable bonds is 6. The molecule has 1 rings (SSSR count). The van der Waals surface area contributed by atoms with E-state index in [9.17, 15) is 9.59 Å². The second kappa shape index (κ2) is 7.45. The van der Waals surface area contributed by atoms with Crippen LogP contribution in [0.5, 0.6) is 5.75 Å². The SMILES string of the molecule is CC(C)(C)[C@H](NC(=O)CCOc1ccc(Br)cc1)C(=O)O. The summed E-state index contributed by atoms with van der Waals surface area (Å²) in [5.74, 6) is -0.712. The lowest BCUT2D eigenvalue weighted by Gasteiger charge is -2.27. The van der Waals surface area contributed by atoms with Gasteiger partial charge in [0.15, 0.2) is 0 Å². The molecule has 0 heterocycles. The van der Waals surface area contributed by atoms with Crippen LogP contribution >= 0.6 is 15.9 Å². The third-order valence-corrected chi connectivity index (χ3v) is 3.36. The molecule has 1 aromatic carbocycles. The van der Waals surface area contributed by atoms with E-state index in [4.69, 9.17) is 9.84 Å². The Kier molecular flexibility index (Phi) is 6.20. The third-order valence-electron chi connectivity index (χ3n) is 2.83. The van der Waals surface area contributed by atoms with E-state index in [1.165, 1.54) is 0 Å². The van der Waals surface area contributed by atoms with E-state index in [-0.39, 0.29) is 18.9 Å². The summed E-state index contributed by atoms with van der Waals surface area (Å²) < 4.78 is 6.38. The average Bonchev–Trinajstić information content (AvgIpc) is 2.36. The molecule has 0 aliphatic heterocycles. The van der Waals surface area contributed by atoms with Crippen LogP contribution < -0.4 is 10.1 Å². The molecular weight excluding hydrogens is 338 g/mol. The summed E-state index contributed by atoms with van der Waals surface area (Å²) in [5, 5.41) is 11.7. The van der Waals surface area contributed by atoms with E-state index < -0.39 is 17.4 Å². The largest absolute Gasteiger partial charge is 0.493 e. The van der Waals surface area contributed by atoms with Crippen molar-refractivity contribution in [2.75, 3.05) is 6.61 Å². The number of carbonyl (C=O) groups excluding carboxylic acids is 1. The average molecular weight is 358 g/mol. The van der Waals surface area contributed by atoms with Crippen molar-refractivity contribution in [2.24, 2.45) is 5.41 Å². The molecule has 2 N–H and O–H groups in total. The Labute approximate surface area is 132 Å². The summed E-state index contributed by atoms with van der Waals surface area (Å²) in [4.78, 5) is 22.9. The van der Waals surface area contributed by atoms with E-state index in [1.54, 1.807) is 32.9 Å². The molecule has 0 aliphatic carbocycles. The van der Waals surface area contributed by atoms with Crippen molar-refractivity contribution >= 4 is 27.8 Å². The normalized spacial score (nSPS) is 12.6. The van der Waals surface area contributed by atoms with Gasteiger partial charge >= 0.3 is 5.97 Å². The van der Waals surface area contributed by atoms with Crippen molar-refractivity contribution in [3.63, 3.8) is 0 Å². The van der Waals surface area contributed by atoms with Crippen LogP contribution in [0.25, 0.3) is 0 Å². The zero-order valence-electron chi connectivity index (χ0n) is 12.4. The number of carboxylic acid groups (broad SMARTS) is 1. The zero-order valence-corrected chi connectivity index (χ0v) is 13.9. The maximum absolute atomic E-state index is 11.8. The van der Waals surface area contributed by atoms with Crippen LogP contribution in [0, 0.1) is 5.41 Å². The number of amides is 1. The highest BCUT2D eigenvalue weighted by molar-refractivity contribution is 9.10. The van der Waals surface area contributed by atoms with Crippen molar-refractivity contribution < 1.29 is 19.4 Å². The number of carbonyl (C=O) groups is 2. The Bertz CT molecular complexity index is 493. The quantitative estimate of drug-likeness (QED) is 0.820. The number of aliphatic carboxylic acids is 1. The molecule has 0 aromatic heterocycles. The molecule has 0 aliphatic rings. The molecule has 116 valence electrons. The van der Waals surface area contributed by atoms with Crippen molar-refractivity contribution in [3.05, 3.63) is 28.7 Å². The first-order valence-corrected chi connectivity index (χ1v) is 7.40. The van der Waals surface area contributed by atoms with E-state index in [0.717, 1.165) is 4.47 Å². The molecule has 1 atom stereocenters. The number of hydrogen-bond donors (Lipinski definition) is 2. The highest BCUT2D eigenvalue weighted by atomic mass is 79.9. The van der Waals surface area contributed by atoms with Gasteiger partial charge < -0.3 is 15.2 Å². The van der Waals surface area contributed by atoms with Gasteiger partial charge in [-0.3, -0.25) is 4.79 Å². The highest BCUT2D eigenvalue weighted by Gasteiger charge is 2.32. The first-order chi connectivity index (χ1) is 9.70. The summed E-state index contributed by atoms with van der Waals surface area (Å²) in [5.41, 5.74) is -0.548. The second-order valence-corrected chi connectivity index (χ2v) is 6.67. The Balaban J connectivity index is 2.43. The van der Waals surface area contributed by atoms with Gasteiger partial charge in [0.25, 0.3) is 0 Å². The smallest absolute Gasteiger partial charge is 0.326 e. The van der Waals surface area contributed by atoms with Gasteiger partial charge in [0, 0.05) is 4.47 Å². The molecule has 0 saturated carbocycles. The minimum Gasteiger partial charge on any atom is -0.493 e. The third kappa shape index (κ3) is 6.16. The summed E-state index contributed by atoms with van der Waals surface area (Å²) in [6.07, 6.45) is 0.107. The molecule has 0 saturated heterocycles. The maximum Gasteiger partial charge on any atom is 0.326 e. The van der Waals surface area contributed by atoms with Gasteiger partial charge in [0.1, 0.15) is 11.8 Å². The van der Waals surface area contributed by atoms with Gasteiger partial charge in [-0.05, 0) is 29.7 Å². The Morgan fingerprint density at radius 2 is 1.86 bits per heavy atom. The number of carboxylic acids is 1. The number of hydrogen-bond acceptors (Lipinski definition) is 3. The Hall–Kier alpha value is -1.56. The molecule has 0 radical (unpaired) electrons. The summed E-state index contributed by atoms with van der Waals surface area (Å²) in [6, 6.07) is 6.34. The topological polar surface area (TPSA) is 75.6 Å². The molecule has 1 aromatic rings. The van der Waals surface area contributed by atoms with Crippen molar-refractivity contribution in [2.45, 2.75) is 33.2 Å². The Morgan fingerprint density at radius 3 is 2.33 bits per heavy atom. The Morgan fingerprint density at radius 1 is 1.29 bits per heavy atom. The summed E-state index contributed by atoms with van der Waals surface area (Å²) >= 11 is 3.32. The molecule has 6 heteroatoms. The van der Waals surface area contributed by atoms with Crippen LogP contribution in [-0.2, 0) is 9.59 Å². The number of ether oxygens (including phenoxy) is 1. The molecule has 5 nitrogen and oxygen atoms in total. The maximum atomic E-state index is 11.8. The first-order valence-electron chi connectivity index (χ1n) is 6.60. The standard InChI is InChI=1S/C15H20BrNO4/c1-15(2,3)13(14(19)20)17-12(18)8-9-21-11-6-4-10(16)5-7-11/h4-7,13H,8-9H2,1-3H3,(H,17,18)(H,19,20)/t13-/m1/s1. The zero-order chi connectivity index (χ0) is 16.0. The molecule has 0 fully saturated rings. The van der Waals surface area contributed by atoms with Gasteiger partial charge in [0.05, 0.1) is 13.0 Å². The predicted octanol–water partition coefficient (Wildman–Crippen LogP) is 2.83. The minimum atomic E-state index is -1.04. The fourth-order valence-corrected chi connectivity index (χ4v) is 1.94. The van der Waals surface area contributed by atoms with Crippen LogP contribution in [0.15, 0.2) is 28.7 Å². The highest BCUT2D eigenvalue weighted by Crippen LogP contribution is 2.19. The van der Waals surface area contributed by atoms with Gasteiger partial charge in [-0.15, -0.1) is 0 Å². The van der Waals surface area contributed by atoms with Crippen molar-refractivity contribution in [3.8, 4) is 5.75 Å². The van der Waals surface area contributed by atoms with Crippen LogP contribution in [0.2, 0.25) is 0 Å².